The second kappa shape index (κ2) is 4.66. The Labute approximate surface area is 105 Å². The molecular formula is C11H12ClNO3S. The summed E-state index contributed by atoms with van der Waals surface area (Å²) in [5, 5.41) is 3.32. The zero-order chi connectivity index (χ0) is 12.5. The standard InChI is InChI=1S/C11H12ClNO3S/c12-9-3-1-8(2-4-9)5-10-6-17(15,16)7-11(14)13-10/h1-4,10H,5-7H2,(H,13,14)/t10-/m0/s1. The monoisotopic (exact) mass is 273 g/mol. The van der Waals surface area contributed by atoms with E-state index >= 15 is 0 Å². The van der Waals surface area contributed by atoms with Crippen LogP contribution in [0.2, 0.25) is 5.02 Å². The lowest BCUT2D eigenvalue weighted by Crippen LogP contribution is -2.49. The van der Waals surface area contributed by atoms with Gasteiger partial charge in [0.2, 0.25) is 5.91 Å². The third kappa shape index (κ3) is 3.44. The Kier molecular flexibility index (Phi) is 3.40. The summed E-state index contributed by atoms with van der Waals surface area (Å²) in [6.45, 7) is 0. The van der Waals surface area contributed by atoms with Crippen molar-refractivity contribution in [2.24, 2.45) is 0 Å². The van der Waals surface area contributed by atoms with Crippen LogP contribution in [0.4, 0.5) is 0 Å². The average molecular weight is 274 g/mol. The number of benzene rings is 1. The van der Waals surface area contributed by atoms with Crippen molar-refractivity contribution >= 4 is 27.3 Å². The SMILES string of the molecule is O=C1CS(=O)(=O)C[C@H](Cc2ccc(Cl)cc2)N1. The number of rotatable bonds is 2. The van der Waals surface area contributed by atoms with E-state index < -0.39 is 21.5 Å². The molecule has 6 heteroatoms. The van der Waals surface area contributed by atoms with Gasteiger partial charge in [-0.3, -0.25) is 4.79 Å². The van der Waals surface area contributed by atoms with Gasteiger partial charge in [0.25, 0.3) is 0 Å². The van der Waals surface area contributed by atoms with E-state index in [4.69, 9.17) is 11.6 Å². The second-order valence-electron chi connectivity index (χ2n) is 4.15. The van der Waals surface area contributed by atoms with Gasteiger partial charge in [0, 0.05) is 11.1 Å². The first kappa shape index (κ1) is 12.4. The number of nitrogens with one attached hydrogen (secondary N) is 1. The van der Waals surface area contributed by atoms with Gasteiger partial charge in [-0.15, -0.1) is 0 Å². The van der Waals surface area contributed by atoms with E-state index in [1.807, 2.05) is 12.1 Å². The number of sulfone groups is 1. The fourth-order valence-corrected chi connectivity index (χ4v) is 3.43. The Balaban J connectivity index is 2.08. The summed E-state index contributed by atoms with van der Waals surface area (Å²) >= 11 is 5.76. The van der Waals surface area contributed by atoms with Crippen molar-refractivity contribution in [1.29, 1.82) is 0 Å². The van der Waals surface area contributed by atoms with Crippen molar-refractivity contribution in [3.63, 3.8) is 0 Å². The number of carbonyl (C=O) groups is 1. The summed E-state index contributed by atoms with van der Waals surface area (Å²) in [6, 6.07) is 6.81. The average Bonchev–Trinajstić information content (AvgIpc) is 2.18. The molecule has 4 nitrogen and oxygen atoms in total. The quantitative estimate of drug-likeness (QED) is 0.867. The van der Waals surface area contributed by atoms with Gasteiger partial charge in [-0.05, 0) is 24.1 Å². The summed E-state index contributed by atoms with van der Waals surface area (Å²) in [5.41, 5.74) is 0.955. The summed E-state index contributed by atoms with van der Waals surface area (Å²) in [6.07, 6.45) is 0.502. The van der Waals surface area contributed by atoms with E-state index in [1.165, 1.54) is 0 Å². The lowest BCUT2D eigenvalue weighted by atomic mass is 10.1. The molecule has 0 aromatic heterocycles. The fourth-order valence-electron chi connectivity index (χ4n) is 1.89. The summed E-state index contributed by atoms with van der Waals surface area (Å²) in [5.74, 6) is -0.818. The van der Waals surface area contributed by atoms with Gasteiger partial charge < -0.3 is 5.32 Å². The van der Waals surface area contributed by atoms with Gasteiger partial charge in [-0.25, -0.2) is 8.42 Å². The maximum Gasteiger partial charge on any atom is 0.235 e. The maximum atomic E-state index is 11.4. The van der Waals surface area contributed by atoms with Crippen LogP contribution in [0.5, 0.6) is 0 Å². The highest BCUT2D eigenvalue weighted by Crippen LogP contribution is 2.13. The first-order valence-corrected chi connectivity index (χ1v) is 7.39. The minimum atomic E-state index is -3.25. The zero-order valence-corrected chi connectivity index (χ0v) is 10.6. The summed E-state index contributed by atoms with van der Waals surface area (Å²) in [7, 11) is -3.25. The normalized spacial score (nSPS) is 23.1. The highest BCUT2D eigenvalue weighted by atomic mass is 35.5. The van der Waals surface area contributed by atoms with Crippen LogP contribution in [0, 0.1) is 0 Å². The highest BCUT2D eigenvalue weighted by Gasteiger charge is 2.29. The smallest absolute Gasteiger partial charge is 0.235 e. The third-order valence-corrected chi connectivity index (χ3v) is 4.43. The molecule has 0 bridgehead atoms. The molecule has 1 atom stereocenters. The second-order valence-corrected chi connectivity index (χ2v) is 6.70. The van der Waals surface area contributed by atoms with Crippen molar-refractivity contribution in [1.82, 2.24) is 5.32 Å². The van der Waals surface area contributed by atoms with Crippen molar-refractivity contribution in [3.05, 3.63) is 34.9 Å². The molecule has 1 heterocycles. The van der Waals surface area contributed by atoms with Gasteiger partial charge in [-0.2, -0.15) is 0 Å². The number of hydrogen-bond acceptors (Lipinski definition) is 3. The topological polar surface area (TPSA) is 63.2 Å². The number of halogens is 1. The molecule has 1 aliphatic rings. The van der Waals surface area contributed by atoms with E-state index in [2.05, 4.69) is 5.32 Å². The third-order valence-electron chi connectivity index (χ3n) is 2.57. The minimum absolute atomic E-state index is 0.00136. The van der Waals surface area contributed by atoms with Crippen LogP contribution in [-0.4, -0.2) is 31.9 Å². The molecule has 0 unspecified atom stereocenters. The molecule has 1 aliphatic heterocycles. The van der Waals surface area contributed by atoms with E-state index in [0.717, 1.165) is 5.56 Å². The van der Waals surface area contributed by atoms with Gasteiger partial charge in [-0.1, -0.05) is 23.7 Å². The molecule has 17 heavy (non-hydrogen) atoms. The predicted molar refractivity (Wildman–Crippen MR) is 65.7 cm³/mol. The minimum Gasteiger partial charge on any atom is -0.351 e. The Morgan fingerprint density at radius 2 is 1.94 bits per heavy atom. The number of hydrogen-bond donors (Lipinski definition) is 1. The van der Waals surface area contributed by atoms with E-state index in [1.54, 1.807) is 12.1 Å². The zero-order valence-electron chi connectivity index (χ0n) is 9.02. The molecule has 1 aromatic carbocycles. The van der Waals surface area contributed by atoms with Crippen LogP contribution in [-0.2, 0) is 21.1 Å². The van der Waals surface area contributed by atoms with Crippen molar-refractivity contribution in [2.75, 3.05) is 11.5 Å². The lowest BCUT2D eigenvalue weighted by molar-refractivity contribution is -0.119. The molecule has 0 saturated carbocycles. The van der Waals surface area contributed by atoms with Crippen molar-refractivity contribution in [2.45, 2.75) is 12.5 Å². The molecule has 1 amide bonds. The van der Waals surface area contributed by atoms with E-state index in [0.29, 0.717) is 11.4 Å². The highest BCUT2D eigenvalue weighted by molar-refractivity contribution is 7.92. The Morgan fingerprint density at radius 3 is 2.53 bits per heavy atom. The largest absolute Gasteiger partial charge is 0.351 e. The fraction of sp³-hybridized carbons (Fsp3) is 0.364. The Hall–Kier alpha value is -1.07. The summed E-state index contributed by atoms with van der Waals surface area (Å²) in [4.78, 5) is 11.2. The van der Waals surface area contributed by atoms with Gasteiger partial charge in [0.1, 0.15) is 5.75 Å². The molecular weight excluding hydrogens is 262 g/mol. The van der Waals surface area contributed by atoms with Gasteiger partial charge >= 0.3 is 0 Å². The molecule has 2 rings (SSSR count). The molecule has 1 fully saturated rings. The molecule has 0 spiro atoms. The first-order chi connectivity index (χ1) is 7.94. The molecule has 1 aromatic rings. The van der Waals surface area contributed by atoms with Crippen LogP contribution in [0.1, 0.15) is 5.56 Å². The molecule has 92 valence electrons. The molecule has 0 aliphatic carbocycles. The Bertz CT molecular complexity index is 524. The van der Waals surface area contributed by atoms with Crippen molar-refractivity contribution in [3.8, 4) is 0 Å². The first-order valence-electron chi connectivity index (χ1n) is 5.19. The van der Waals surface area contributed by atoms with Crippen LogP contribution in [0.3, 0.4) is 0 Å². The van der Waals surface area contributed by atoms with E-state index in [-0.39, 0.29) is 11.8 Å². The molecule has 1 N–H and O–H groups in total. The van der Waals surface area contributed by atoms with Crippen LogP contribution in [0.15, 0.2) is 24.3 Å². The van der Waals surface area contributed by atoms with Crippen molar-refractivity contribution < 1.29 is 13.2 Å². The number of carbonyl (C=O) groups excluding carboxylic acids is 1. The Morgan fingerprint density at radius 1 is 1.29 bits per heavy atom. The van der Waals surface area contributed by atoms with Crippen LogP contribution >= 0.6 is 11.6 Å². The predicted octanol–water partition coefficient (Wildman–Crippen LogP) is 0.796. The maximum absolute atomic E-state index is 11.4. The van der Waals surface area contributed by atoms with Crippen LogP contribution < -0.4 is 5.32 Å². The lowest BCUT2D eigenvalue weighted by Gasteiger charge is -2.23. The van der Waals surface area contributed by atoms with Gasteiger partial charge in [0.05, 0.1) is 5.75 Å². The van der Waals surface area contributed by atoms with Gasteiger partial charge in [0.15, 0.2) is 9.84 Å². The van der Waals surface area contributed by atoms with Crippen LogP contribution in [0.25, 0.3) is 0 Å². The number of amides is 1. The van der Waals surface area contributed by atoms with E-state index in [9.17, 15) is 13.2 Å². The molecule has 0 radical (unpaired) electrons. The summed E-state index contributed by atoms with van der Waals surface area (Å²) < 4.78 is 22.9. The molecule has 1 saturated heterocycles.